The summed E-state index contributed by atoms with van der Waals surface area (Å²) >= 11 is 1.72. The van der Waals surface area contributed by atoms with Crippen LogP contribution in [0.3, 0.4) is 0 Å². The summed E-state index contributed by atoms with van der Waals surface area (Å²) in [5, 5.41) is 4.55. The average Bonchev–Trinajstić information content (AvgIpc) is 3.08. The van der Waals surface area contributed by atoms with Gasteiger partial charge in [-0.2, -0.15) is 0 Å². The van der Waals surface area contributed by atoms with Crippen molar-refractivity contribution in [3.05, 3.63) is 40.3 Å². The Morgan fingerprint density at radius 2 is 1.92 bits per heavy atom. The molecular weight excluding hydrogens is 461 g/mol. The number of guanidine groups is 1. The molecule has 2 heterocycles. The van der Waals surface area contributed by atoms with Crippen LogP contribution in [0.2, 0.25) is 0 Å². The van der Waals surface area contributed by atoms with Gasteiger partial charge in [0.1, 0.15) is 5.75 Å². The van der Waals surface area contributed by atoms with Crippen molar-refractivity contribution in [2.45, 2.75) is 13.5 Å². The minimum atomic E-state index is 0. The highest BCUT2D eigenvalue weighted by Crippen LogP contribution is 2.20. The Kier molecular flexibility index (Phi) is 7.95. The maximum atomic E-state index is 5.23. The lowest BCUT2D eigenvalue weighted by atomic mass is 10.2. The predicted molar refractivity (Wildman–Crippen MR) is 119 cm³/mol. The zero-order valence-corrected chi connectivity index (χ0v) is 18.6. The van der Waals surface area contributed by atoms with E-state index in [0.717, 1.165) is 49.4 Å². The highest BCUT2D eigenvalue weighted by atomic mass is 127. The fourth-order valence-corrected chi connectivity index (χ4v) is 3.69. The molecule has 1 aliphatic heterocycles. The number of thiazole rings is 1. The van der Waals surface area contributed by atoms with Gasteiger partial charge in [-0.05, 0) is 31.2 Å². The Morgan fingerprint density at radius 1 is 1.23 bits per heavy atom. The number of anilines is 1. The average molecular weight is 487 g/mol. The molecule has 0 spiro atoms. The standard InChI is InChI=1S/C18H25N5OS.HI/c1-14-20-12-17(25-14)13-21-18(19-2)23-10-8-22(9-11-23)15-4-6-16(24-3)7-5-15;/h4-7,12H,8-11,13H2,1-3H3,(H,19,21);1H. The van der Waals surface area contributed by atoms with Crippen molar-refractivity contribution in [2.75, 3.05) is 45.2 Å². The molecule has 0 bridgehead atoms. The molecule has 1 fully saturated rings. The van der Waals surface area contributed by atoms with Crippen LogP contribution in [0.1, 0.15) is 9.88 Å². The molecule has 0 unspecified atom stereocenters. The van der Waals surface area contributed by atoms with Crippen molar-refractivity contribution in [2.24, 2.45) is 4.99 Å². The number of nitrogens with zero attached hydrogens (tertiary/aromatic N) is 4. The zero-order chi connectivity index (χ0) is 17.6. The van der Waals surface area contributed by atoms with E-state index in [2.05, 4.69) is 37.2 Å². The van der Waals surface area contributed by atoms with E-state index < -0.39 is 0 Å². The van der Waals surface area contributed by atoms with Crippen LogP contribution in [-0.2, 0) is 6.54 Å². The molecule has 6 nitrogen and oxygen atoms in total. The number of aromatic nitrogens is 1. The number of piperazine rings is 1. The number of aliphatic imine (C=N–C) groups is 1. The Balaban J connectivity index is 0.00000243. The van der Waals surface area contributed by atoms with Gasteiger partial charge in [0.2, 0.25) is 0 Å². The maximum absolute atomic E-state index is 5.23. The molecule has 1 aromatic heterocycles. The SMILES string of the molecule is CN=C(NCc1cnc(C)s1)N1CCN(c2ccc(OC)cc2)CC1.I. The number of nitrogens with one attached hydrogen (secondary N) is 1. The van der Waals surface area contributed by atoms with Crippen molar-refractivity contribution in [3.63, 3.8) is 0 Å². The quantitative estimate of drug-likeness (QED) is 0.409. The first kappa shape index (κ1) is 20.8. The minimum absolute atomic E-state index is 0. The zero-order valence-electron chi connectivity index (χ0n) is 15.4. The van der Waals surface area contributed by atoms with Gasteiger partial charge < -0.3 is 19.9 Å². The Morgan fingerprint density at radius 3 is 2.46 bits per heavy atom. The van der Waals surface area contributed by atoms with E-state index in [0.29, 0.717) is 0 Å². The summed E-state index contributed by atoms with van der Waals surface area (Å²) in [7, 11) is 3.54. The van der Waals surface area contributed by atoms with Crippen LogP contribution in [-0.4, -0.2) is 56.2 Å². The minimum Gasteiger partial charge on any atom is -0.497 e. The molecule has 1 N–H and O–H groups in total. The molecule has 0 saturated carbocycles. The predicted octanol–water partition coefficient (Wildman–Crippen LogP) is 2.98. The van der Waals surface area contributed by atoms with Crippen molar-refractivity contribution >= 4 is 47.0 Å². The van der Waals surface area contributed by atoms with Crippen LogP contribution in [0.4, 0.5) is 5.69 Å². The summed E-state index contributed by atoms with van der Waals surface area (Å²) in [4.78, 5) is 14.7. The Hall–Kier alpha value is -1.55. The second-order valence-corrected chi connectivity index (χ2v) is 7.24. The second-order valence-electron chi connectivity index (χ2n) is 5.92. The van der Waals surface area contributed by atoms with Crippen molar-refractivity contribution in [1.29, 1.82) is 0 Å². The van der Waals surface area contributed by atoms with E-state index in [1.54, 1.807) is 18.4 Å². The van der Waals surface area contributed by atoms with Crippen LogP contribution in [0.25, 0.3) is 0 Å². The van der Waals surface area contributed by atoms with Gasteiger partial charge >= 0.3 is 0 Å². The summed E-state index contributed by atoms with van der Waals surface area (Å²) in [5.74, 6) is 1.85. The molecule has 8 heteroatoms. The number of halogens is 1. The summed E-state index contributed by atoms with van der Waals surface area (Å²) in [6, 6.07) is 8.26. The van der Waals surface area contributed by atoms with Gasteiger partial charge in [0.15, 0.2) is 5.96 Å². The molecule has 2 aromatic rings. The molecule has 1 aliphatic rings. The van der Waals surface area contributed by atoms with Gasteiger partial charge in [-0.15, -0.1) is 35.3 Å². The Bertz CT molecular complexity index is 711. The molecule has 1 aromatic carbocycles. The Labute approximate surface area is 176 Å². The van der Waals surface area contributed by atoms with Gasteiger partial charge in [0, 0.05) is 50.0 Å². The third kappa shape index (κ3) is 5.23. The van der Waals surface area contributed by atoms with Crippen LogP contribution in [0, 0.1) is 6.92 Å². The van der Waals surface area contributed by atoms with Crippen LogP contribution in [0.15, 0.2) is 35.5 Å². The van der Waals surface area contributed by atoms with Crippen molar-refractivity contribution in [3.8, 4) is 5.75 Å². The highest BCUT2D eigenvalue weighted by Gasteiger charge is 2.19. The van der Waals surface area contributed by atoms with Crippen LogP contribution < -0.4 is 15.0 Å². The largest absolute Gasteiger partial charge is 0.497 e. The number of methoxy groups -OCH3 is 1. The molecule has 0 amide bonds. The van der Waals surface area contributed by atoms with Gasteiger partial charge in [-0.1, -0.05) is 0 Å². The van der Waals surface area contributed by atoms with E-state index in [-0.39, 0.29) is 24.0 Å². The second kappa shape index (κ2) is 9.96. The van der Waals surface area contributed by atoms with Crippen LogP contribution in [0.5, 0.6) is 5.75 Å². The molecule has 0 atom stereocenters. The first-order valence-corrected chi connectivity index (χ1v) is 9.27. The number of ether oxygens (including phenoxy) is 1. The lowest BCUT2D eigenvalue weighted by Crippen LogP contribution is -2.52. The van der Waals surface area contributed by atoms with Gasteiger partial charge in [0.05, 0.1) is 18.7 Å². The van der Waals surface area contributed by atoms with E-state index in [1.807, 2.05) is 32.3 Å². The van der Waals surface area contributed by atoms with E-state index in [4.69, 9.17) is 4.74 Å². The smallest absolute Gasteiger partial charge is 0.194 e. The van der Waals surface area contributed by atoms with Crippen molar-refractivity contribution < 1.29 is 4.74 Å². The maximum Gasteiger partial charge on any atom is 0.194 e. The van der Waals surface area contributed by atoms with Gasteiger partial charge in [-0.25, -0.2) is 4.98 Å². The van der Waals surface area contributed by atoms with E-state index in [1.165, 1.54) is 10.6 Å². The van der Waals surface area contributed by atoms with Crippen molar-refractivity contribution in [1.82, 2.24) is 15.2 Å². The normalized spacial score (nSPS) is 14.8. The fraction of sp³-hybridized carbons (Fsp3) is 0.444. The molecule has 142 valence electrons. The lowest BCUT2D eigenvalue weighted by molar-refractivity contribution is 0.372. The highest BCUT2D eigenvalue weighted by molar-refractivity contribution is 14.0. The molecular formula is C18H26IN5OS. The molecule has 1 saturated heterocycles. The number of rotatable bonds is 4. The van der Waals surface area contributed by atoms with Gasteiger partial charge in [0.25, 0.3) is 0 Å². The van der Waals surface area contributed by atoms with Crippen LogP contribution >= 0.6 is 35.3 Å². The summed E-state index contributed by atoms with van der Waals surface area (Å²) < 4.78 is 5.23. The summed E-state index contributed by atoms with van der Waals surface area (Å²) in [6.07, 6.45) is 1.93. The number of aryl methyl sites for hydroxylation is 1. The first-order chi connectivity index (χ1) is 12.2. The third-order valence-corrected chi connectivity index (χ3v) is 5.23. The van der Waals surface area contributed by atoms with E-state index >= 15 is 0 Å². The molecule has 26 heavy (non-hydrogen) atoms. The van der Waals surface area contributed by atoms with Gasteiger partial charge in [-0.3, -0.25) is 4.99 Å². The fourth-order valence-electron chi connectivity index (χ4n) is 2.95. The molecule has 3 rings (SSSR count). The topological polar surface area (TPSA) is 53.0 Å². The summed E-state index contributed by atoms with van der Waals surface area (Å²) in [5.41, 5.74) is 1.24. The molecule has 0 aliphatic carbocycles. The molecule has 0 radical (unpaired) electrons. The number of hydrogen-bond donors (Lipinski definition) is 1. The lowest BCUT2D eigenvalue weighted by Gasteiger charge is -2.37. The number of hydrogen-bond acceptors (Lipinski definition) is 5. The first-order valence-electron chi connectivity index (χ1n) is 8.45. The number of benzene rings is 1. The van der Waals surface area contributed by atoms with E-state index in [9.17, 15) is 0 Å². The summed E-state index contributed by atoms with van der Waals surface area (Å²) in [6.45, 7) is 6.67. The third-order valence-electron chi connectivity index (χ3n) is 4.32. The monoisotopic (exact) mass is 487 g/mol.